The summed E-state index contributed by atoms with van der Waals surface area (Å²) in [7, 11) is 0. The third kappa shape index (κ3) is 2.00. The van der Waals surface area contributed by atoms with Gasteiger partial charge in [0.2, 0.25) is 0 Å². The second-order valence-electron chi connectivity index (χ2n) is 7.16. The Kier molecular flexibility index (Phi) is 2.87. The molecule has 6 aromatic rings. The highest BCUT2D eigenvalue weighted by Gasteiger charge is 2.09. The van der Waals surface area contributed by atoms with Crippen LogP contribution in [-0.2, 0) is 0 Å². The Labute approximate surface area is 159 Å². The first-order valence-electron chi connectivity index (χ1n) is 8.85. The molecule has 0 bridgehead atoms. The van der Waals surface area contributed by atoms with Crippen LogP contribution in [0, 0.1) is 13.8 Å². The minimum absolute atomic E-state index is 1.33. The largest absolute Gasteiger partial charge is 0.141 e. The Morgan fingerprint density at radius 2 is 0.923 bits per heavy atom. The number of fused-ring (bicyclic) bond motifs is 7. The van der Waals surface area contributed by atoms with Gasteiger partial charge in [-0.1, -0.05) is 24.3 Å². The van der Waals surface area contributed by atoms with Crippen LogP contribution < -0.4 is 0 Å². The predicted molar refractivity (Wildman–Crippen MR) is 119 cm³/mol. The molecule has 0 saturated carbocycles. The van der Waals surface area contributed by atoms with E-state index in [4.69, 9.17) is 0 Å². The Morgan fingerprint density at radius 1 is 0.462 bits per heavy atom. The molecule has 0 aliphatic rings. The molecule has 0 aliphatic heterocycles. The summed E-state index contributed by atoms with van der Waals surface area (Å²) >= 11 is 3.76. The molecule has 26 heavy (non-hydrogen) atoms. The van der Waals surface area contributed by atoms with Gasteiger partial charge < -0.3 is 0 Å². The summed E-state index contributed by atoms with van der Waals surface area (Å²) in [6, 6.07) is 23.2. The average Bonchev–Trinajstić information content (AvgIpc) is 3.16. The van der Waals surface area contributed by atoms with E-state index in [9.17, 15) is 0 Å². The molecule has 0 nitrogen and oxygen atoms in total. The van der Waals surface area contributed by atoms with Crippen molar-refractivity contribution in [3.8, 4) is 0 Å². The van der Waals surface area contributed by atoms with E-state index in [2.05, 4.69) is 74.5 Å². The molecule has 2 aromatic heterocycles. The lowest BCUT2D eigenvalue weighted by atomic mass is 9.96. The van der Waals surface area contributed by atoms with E-state index in [1.165, 1.54) is 62.2 Å². The van der Waals surface area contributed by atoms with Crippen LogP contribution in [0.5, 0.6) is 0 Å². The van der Waals surface area contributed by atoms with Crippen molar-refractivity contribution < 1.29 is 0 Å². The topological polar surface area (TPSA) is 0 Å². The molecule has 0 unspecified atom stereocenters. The highest BCUT2D eigenvalue weighted by Crippen LogP contribution is 2.38. The van der Waals surface area contributed by atoms with Crippen LogP contribution in [0.1, 0.15) is 9.75 Å². The van der Waals surface area contributed by atoms with Gasteiger partial charge in [-0.25, -0.2) is 0 Å². The first-order valence-corrected chi connectivity index (χ1v) is 10.5. The standard InChI is InChI=1S/C24H16S2/c1-13-7-17-9-21-15(11-23(17)25-13)3-5-20-19(21)6-4-16-12-24-18(10-22(16)20)8-14(2)26-24/h3-12H,1-2H3. The van der Waals surface area contributed by atoms with Crippen LogP contribution in [0.25, 0.3) is 52.5 Å². The summed E-state index contributed by atoms with van der Waals surface area (Å²) in [4.78, 5) is 2.75. The van der Waals surface area contributed by atoms with Gasteiger partial charge >= 0.3 is 0 Å². The third-order valence-electron chi connectivity index (χ3n) is 5.35. The molecule has 4 aromatic carbocycles. The lowest BCUT2D eigenvalue weighted by Crippen LogP contribution is -1.81. The van der Waals surface area contributed by atoms with Crippen LogP contribution >= 0.6 is 22.7 Å². The maximum Gasteiger partial charge on any atom is 0.0351 e. The van der Waals surface area contributed by atoms with Crippen molar-refractivity contribution in [1.29, 1.82) is 0 Å². The molecule has 0 spiro atoms. The summed E-state index contributed by atoms with van der Waals surface area (Å²) in [5.74, 6) is 0. The molecular formula is C24H16S2. The van der Waals surface area contributed by atoms with Crippen LogP contribution in [0.4, 0.5) is 0 Å². The van der Waals surface area contributed by atoms with Crippen LogP contribution in [-0.4, -0.2) is 0 Å². The molecule has 6 rings (SSSR count). The smallest absolute Gasteiger partial charge is 0.0351 e. The summed E-state index contributed by atoms with van der Waals surface area (Å²) in [5.41, 5.74) is 0. The molecule has 2 heterocycles. The van der Waals surface area contributed by atoms with Crippen molar-refractivity contribution in [1.82, 2.24) is 0 Å². The molecule has 0 saturated heterocycles. The van der Waals surface area contributed by atoms with Gasteiger partial charge in [-0.15, -0.1) is 22.7 Å². The number of aryl methyl sites for hydroxylation is 2. The maximum atomic E-state index is 2.37. The zero-order valence-electron chi connectivity index (χ0n) is 14.6. The Balaban J connectivity index is 1.79. The Bertz CT molecular complexity index is 1380. The summed E-state index contributed by atoms with van der Waals surface area (Å²) < 4.78 is 2.76. The van der Waals surface area contributed by atoms with Gasteiger partial charge in [0.05, 0.1) is 0 Å². The van der Waals surface area contributed by atoms with E-state index < -0.39 is 0 Å². The van der Waals surface area contributed by atoms with Gasteiger partial charge in [-0.05, 0) is 93.3 Å². The summed E-state index contributed by atoms with van der Waals surface area (Å²) in [5, 5.41) is 10.8. The molecule has 124 valence electrons. The third-order valence-corrected chi connectivity index (χ3v) is 7.38. The Morgan fingerprint density at radius 3 is 1.38 bits per heavy atom. The minimum atomic E-state index is 1.33. The average molecular weight is 369 g/mol. The lowest BCUT2D eigenvalue weighted by Gasteiger charge is -2.08. The molecule has 0 fully saturated rings. The van der Waals surface area contributed by atoms with E-state index in [0.717, 1.165) is 0 Å². The van der Waals surface area contributed by atoms with Crippen molar-refractivity contribution in [2.24, 2.45) is 0 Å². The van der Waals surface area contributed by atoms with Gasteiger partial charge in [0.15, 0.2) is 0 Å². The summed E-state index contributed by atoms with van der Waals surface area (Å²) in [6.07, 6.45) is 0. The number of rotatable bonds is 0. The normalized spacial score (nSPS) is 12.2. The van der Waals surface area contributed by atoms with Gasteiger partial charge in [0.25, 0.3) is 0 Å². The number of thiophene rings is 2. The molecule has 0 radical (unpaired) electrons. The van der Waals surface area contributed by atoms with E-state index in [-0.39, 0.29) is 0 Å². The Hall–Kier alpha value is -2.42. The first kappa shape index (κ1) is 14.7. The van der Waals surface area contributed by atoms with Gasteiger partial charge in [0, 0.05) is 19.2 Å². The van der Waals surface area contributed by atoms with Gasteiger partial charge in [-0.3, -0.25) is 0 Å². The van der Waals surface area contributed by atoms with Crippen molar-refractivity contribution in [2.75, 3.05) is 0 Å². The fourth-order valence-electron chi connectivity index (χ4n) is 4.21. The number of hydrogen-bond donors (Lipinski definition) is 0. The van der Waals surface area contributed by atoms with E-state index >= 15 is 0 Å². The molecule has 0 aliphatic carbocycles. The van der Waals surface area contributed by atoms with Crippen molar-refractivity contribution in [2.45, 2.75) is 13.8 Å². The molecule has 0 N–H and O–H groups in total. The number of hydrogen-bond acceptors (Lipinski definition) is 2. The SMILES string of the molecule is Cc1cc2cc3c(ccc4c5cc6cc(C)sc6cc5ccc34)cc2s1. The van der Waals surface area contributed by atoms with Crippen LogP contribution in [0.2, 0.25) is 0 Å². The van der Waals surface area contributed by atoms with Crippen molar-refractivity contribution >= 4 is 75.2 Å². The fourth-order valence-corrected chi connectivity index (χ4v) is 6.12. The van der Waals surface area contributed by atoms with Gasteiger partial charge in [0.1, 0.15) is 0 Å². The second kappa shape index (κ2) is 5.06. The highest BCUT2D eigenvalue weighted by atomic mass is 32.1. The first-order chi connectivity index (χ1) is 12.7. The zero-order chi connectivity index (χ0) is 17.4. The van der Waals surface area contributed by atoms with Gasteiger partial charge in [-0.2, -0.15) is 0 Å². The quantitative estimate of drug-likeness (QED) is 0.237. The highest BCUT2D eigenvalue weighted by molar-refractivity contribution is 7.19. The van der Waals surface area contributed by atoms with E-state index in [0.29, 0.717) is 0 Å². The molecule has 0 atom stereocenters. The van der Waals surface area contributed by atoms with Crippen molar-refractivity contribution in [3.05, 3.63) is 70.4 Å². The lowest BCUT2D eigenvalue weighted by molar-refractivity contribution is 1.66. The monoisotopic (exact) mass is 368 g/mol. The molecule has 0 amide bonds. The second-order valence-corrected chi connectivity index (χ2v) is 9.74. The summed E-state index contributed by atoms with van der Waals surface area (Å²) in [6.45, 7) is 4.38. The molecule has 2 heteroatoms. The minimum Gasteiger partial charge on any atom is -0.141 e. The predicted octanol–water partition coefficient (Wildman–Crippen LogP) is 8.19. The van der Waals surface area contributed by atoms with E-state index in [1.807, 2.05) is 22.7 Å². The molecular weight excluding hydrogens is 352 g/mol. The maximum absolute atomic E-state index is 2.37. The number of benzene rings is 4. The zero-order valence-corrected chi connectivity index (χ0v) is 16.2. The van der Waals surface area contributed by atoms with Crippen LogP contribution in [0.15, 0.2) is 60.7 Å². The van der Waals surface area contributed by atoms with E-state index in [1.54, 1.807) is 0 Å². The van der Waals surface area contributed by atoms with Crippen molar-refractivity contribution in [3.63, 3.8) is 0 Å². The fraction of sp³-hybridized carbons (Fsp3) is 0.0833. The van der Waals surface area contributed by atoms with Crippen LogP contribution in [0.3, 0.4) is 0 Å².